The zero-order valence-electron chi connectivity index (χ0n) is 10.5. The van der Waals surface area contributed by atoms with Crippen molar-refractivity contribution in [3.05, 3.63) is 29.8 Å². The number of hydrogen-bond acceptors (Lipinski definition) is 3. The number of Topliss-reactive ketones (excluding diaryl/α,β-unsaturated/α-hetero) is 1. The Morgan fingerprint density at radius 3 is 2.29 bits per heavy atom. The Morgan fingerprint density at radius 1 is 1.18 bits per heavy atom. The summed E-state index contributed by atoms with van der Waals surface area (Å²) in [5, 5.41) is 2.62. The maximum Gasteiger partial charge on any atom is 0.292 e. The minimum Gasteiger partial charge on any atom is -0.496 e. The van der Waals surface area contributed by atoms with Gasteiger partial charge in [-0.1, -0.05) is 12.1 Å². The smallest absolute Gasteiger partial charge is 0.292 e. The molecule has 0 spiro atoms. The molecule has 0 radical (unpaired) electrons. The maximum absolute atomic E-state index is 11.9. The largest absolute Gasteiger partial charge is 0.496 e. The van der Waals surface area contributed by atoms with Crippen LogP contribution in [0.15, 0.2) is 24.3 Å². The normalized spacial score (nSPS) is 10.8. The molecule has 0 unspecified atom stereocenters. The molecule has 1 aromatic carbocycles. The van der Waals surface area contributed by atoms with E-state index in [1.165, 1.54) is 7.11 Å². The quantitative estimate of drug-likeness (QED) is 0.642. The van der Waals surface area contributed by atoms with Gasteiger partial charge in [-0.25, -0.2) is 0 Å². The minimum absolute atomic E-state index is 0.275. The van der Waals surface area contributed by atoms with E-state index in [9.17, 15) is 9.59 Å². The number of carbonyl (C=O) groups is 2. The predicted octanol–water partition coefficient (Wildman–Crippen LogP) is 1.79. The van der Waals surface area contributed by atoms with Gasteiger partial charge in [0.1, 0.15) is 5.75 Å². The van der Waals surface area contributed by atoms with Crippen LogP contribution in [0.3, 0.4) is 0 Å². The Morgan fingerprint density at radius 2 is 1.76 bits per heavy atom. The predicted molar refractivity (Wildman–Crippen MR) is 65.2 cm³/mol. The van der Waals surface area contributed by atoms with Crippen molar-refractivity contribution in [3.8, 4) is 5.75 Å². The Labute approximate surface area is 101 Å². The summed E-state index contributed by atoms with van der Waals surface area (Å²) in [6.07, 6.45) is 0. The number of amides is 1. The molecule has 0 bridgehead atoms. The number of para-hydroxylation sites is 1. The molecule has 4 heteroatoms. The summed E-state index contributed by atoms with van der Waals surface area (Å²) in [5.41, 5.74) is -0.161. The molecule has 0 fully saturated rings. The van der Waals surface area contributed by atoms with Crippen molar-refractivity contribution in [1.82, 2.24) is 5.32 Å². The summed E-state index contributed by atoms with van der Waals surface area (Å²) in [4.78, 5) is 23.6. The highest BCUT2D eigenvalue weighted by Crippen LogP contribution is 2.18. The molecule has 1 aromatic rings. The van der Waals surface area contributed by atoms with Crippen molar-refractivity contribution >= 4 is 11.7 Å². The molecule has 0 aliphatic rings. The topological polar surface area (TPSA) is 55.4 Å². The lowest BCUT2D eigenvalue weighted by molar-refractivity contribution is -0.118. The van der Waals surface area contributed by atoms with Gasteiger partial charge in [0.25, 0.3) is 11.7 Å². The van der Waals surface area contributed by atoms with Crippen LogP contribution in [0.1, 0.15) is 31.1 Å². The van der Waals surface area contributed by atoms with Crippen molar-refractivity contribution in [2.45, 2.75) is 26.3 Å². The number of carbonyl (C=O) groups excluding carboxylic acids is 2. The first-order valence-electron chi connectivity index (χ1n) is 5.35. The van der Waals surface area contributed by atoms with Gasteiger partial charge in [0.15, 0.2) is 0 Å². The van der Waals surface area contributed by atoms with Gasteiger partial charge in [0, 0.05) is 5.54 Å². The average Bonchev–Trinajstić information content (AvgIpc) is 2.25. The number of hydrogen-bond donors (Lipinski definition) is 1. The van der Waals surface area contributed by atoms with E-state index >= 15 is 0 Å². The summed E-state index contributed by atoms with van der Waals surface area (Å²) >= 11 is 0. The number of nitrogens with one attached hydrogen (secondary N) is 1. The fourth-order valence-corrected chi connectivity index (χ4v) is 1.35. The lowest BCUT2D eigenvalue weighted by Crippen LogP contribution is -2.44. The minimum atomic E-state index is -0.623. The fourth-order valence-electron chi connectivity index (χ4n) is 1.35. The summed E-state index contributed by atoms with van der Waals surface area (Å²) in [6, 6.07) is 6.67. The van der Waals surface area contributed by atoms with Gasteiger partial charge in [0.05, 0.1) is 12.7 Å². The van der Waals surface area contributed by atoms with Crippen molar-refractivity contribution in [1.29, 1.82) is 0 Å². The molecule has 0 aliphatic carbocycles. The van der Waals surface area contributed by atoms with Gasteiger partial charge in [0.2, 0.25) is 0 Å². The van der Waals surface area contributed by atoms with Crippen molar-refractivity contribution in [2.75, 3.05) is 7.11 Å². The van der Waals surface area contributed by atoms with Gasteiger partial charge in [-0.2, -0.15) is 0 Å². The van der Waals surface area contributed by atoms with Gasteiger partial charge in [-0.15, -0.1) is 0 Å². The second-order valence-corrected chi connectivity index (χ2v) is 4.73. The summed E-state index contributed by atoms with van der Waals surface area (Å²) in [7, 11) is 1.47. The zero-order chi connectivity index (χ0) is 13.1. The Bertz CT molecular complexity index is 433. The van der Waals surface area contributed by atoms with Gasteiger partial charge < -0.3 is 10.1 Å². The Balaban J connectivity index is 2.93. The van der Waals surface area contributed by atoms with E-state index in [0.717, 1.165) is 0 Å². The van der Waals surface area contributed by atoms with Crippen molar-refractivity contribution < 1.29 is 14.3 Å². The standard InChI is InChI=1S/C13H17NO3/c1-13(2,3)14-12(16)11(15)9-7-5-6-8-10(9)17-4/h5-8H,1-4H3,(H,14,16). The van der Waals surface area contributed by atoms with Crippen LogP contribution in [-0.4, -0.2) is 24.3 Å². The van der Waals surface area contributed by atoms with Crippen molar-refractivity contribution in [3.63, 3.8) is 0 Å². The lowest BCUT2D eigenvalue weighted by Gasteiger charge is -2.20. The second kappa shape index (κ2) is 4.99. The molecule has 1 amide bonds. The Kier molecular flexibility index (Phi) is 3.89. The third-order valence-electron chi connectivity index (χ3n) is 2.05. The van der Waals surface area contributed by atoms with Gasteiger partial charge in [-0.3, -0.25) is 9.59 Å². The van der Waals surface area contributed by atoms with E-state index in [4.69, 9.17) is 4.74 Å². The highest BCUT2D eigenvalue weighted by Gasteiger charge is 2.23. The van der Waals surface area contributed by atoms with Crippen LogP contribution in [-0.2, 0) is 4.79 Å². The second-order valence-electron chi connectivity index (χ2n) is 4.73. The number of ketones is 1. The highest BCUT2D eigenvalue weighted by atomic mass is 16.5. The SMILES string of the molecule is COc1ccccc1C(=O)C(=O)NC(C)(C)C. The van der Waals surface area contributed by atoms with E-state index in [1.54, 1.807) is 24.3 Å². The molecule has 0 saturated heterocycles. The molecule has 1 N–H and O–H groups in total. The fraction of sp³-hybridized carbons (Fsp3) is 0.385. The third-order valence-corrected chi connectivity index (χ3v) is 2.05. The molecular weight excluding hydrogens is 218 g/mol. The van der Waals surface area contributed by atoms with Crippen LogP contribution >= 0.6 is 0 Å². The molecule has 17 heavy (non-hydrogen) atoms. The number of methoxy groups -OCH3 is 1. The van der Waals surface area contributed by atoms with Crippen LogP contribution in [0, 0.1) is 0 Å². The van der Waals surface area contributed by atoms with E-state index < -0.39 is 17.2 Å². The lowest BCUT2D eigenvalue weighted by atomic mass is 10.1. The molecule has 0 aromatic heterocycles. The van der Waals surface area contributed by atoms with Crippen molar-refractivity contribution in [2.24, 2.45) is 0 Å². The monoisotopic (exact) mass is 235 g/mol. The van der Waals surface area contributed by atoms with E-state index in [1.807, 2.05) is 20.8 Å². The first kappa shape index (κ1) is 13.2. The molecule has 4 nitrogen and oxygen atoms in total. The van der Waals surface area contributed by atoms with Crippen LogP contribution in [0.2, 0.25) is 0 Å². The first-order chi connectivity index (χ1) is 7.85. The molecule has 0 aliphatic heterocycles. The zero-order valence-corrected chi connectivity index (χ0v) is 10.5. The molecule has 0 atom stereocenters. The molecule has 92 valence electrons. The first-order valence-corrected chi connectivity index (χ1v) is 5.35. The Hall–Kier alpha value is -1.84. The maximum atomic E-state index is 11.9. The van der Waals surface area contributed by atoms with E-state index in [2.05, 4.69) is 5.32 Å². The van der Waals surface area contributed by atoms with Gasteiger partial charge in [-0.05, 0) is 32.9 Å². The molecule has 1 rings (SSSR count). The number of benzene rings is 1. The van der Waals surface area contributed by atoms with E-state index in [0.29, 0.717) is 5.75 Å². The van der Waals surface area contributed by atoms with E-state index in [-0.39, 0.29) is 5.56 Å². The molecular formula is C13H17NO3. The summed E-state index contributed by atoms with van der Waals surface area (Å²) in [6.45, 7) is 5.46. The molecule has 0 heterocycles. The third kappa shape index (κ3) is 3.59. The highest BCUT2D eigenvalue weighted by molar-refractivity contribution is 6.43. The summed E-state index contributed by atoms with van der Waals surface area (Å²) in [5.74, 6) is -0.805. The molecule has 0 saturated carbocycles. The average molecular weight is 235 g/mol. The van der Waals surface area contributed by atoms with Crippen LogP contribution in [0.5, 0.6) is 5.75 Å². The van der Waals surface area contributed by atoms with Crippen LogP contribution in [0.4, 0.5) is 0 Å². The number of rotatable bonds is 3. The van der Waals surface area contributed by atoms with Crippen LogP contribution in [0.25, 0.3) is 0 Å². The summed E-state index contributed by atoms with van der Waals surface area (Å²) < 4.78 is 5.05. The number of ether oxygens (including phenoxy) is 1. The van der Waals surface area contributed by atoms with Crippen LogP contribution < -0.4 is 10.1 Å². The van der Waals surface area contributed by atoms with Gasteiger partial charge >= 0.3 is 0 Å².